The fourth-order valence-corrected chi connectivity index (χ4v) is 3.77. The number of nitrogens with one attached hydrogen (secondary N) is 3. The molecule has 0 atom stereocenters. The smallest absolute Gasteiger partial charge is 0.323 e. The SMILES string of the molecule is Cc1cc2[nH]c(=O)[nH]c2c(NC(=O)C2CCN(Cc3ccco3)CC2)c1C. The molecule has 7 nitrogen and oxygen atoms in total. The Morgan fingerprint density at radius 1 is 1.30 bits per heavy atom. The van der Waals surface area contributed by atoms with E-state index in [2.05, 4.69) is 20.2 Å². The van der Waals surface area contributed by atoms with Gasteiger partial charge in [0.05, 0.1) is 29.5 Å². The summed E-state index contributed by atoms with van der Waals surface area (Å²) in [6.45, 7) is 6.44. The van der Waals surface area contributed by atoms with Crippen molar-refractivity contribution in [2.75, 3.05) is 18.4 Å². The number of hydrogen-bond acceptors (Lipinski definition) is 4. The number of aryl methyl sites for hydroxylation is 1. The number of furan rings is 1. The van der Waals surface area contributed by atoms with E-state index in [-0.39, 0.29) is 17.5 Å². The van der Waals surface area contributed by atoms with Crippen LogP contribution >= 0.6 is 0 Å². The topological polar surface area (TPSA) is 94.1 Å². The first-order valence-electron chi connectivity index (χ1n) is 9.29. The van der Waals surface area contributed by atoms with Crippen LogP contribution < -0.4 is 11.0 Å². The lowest BCUT2D eigenvalue weighted by Gasteiger charge is -2.30. The fourth-order valence-electron chi connectivity index (χ4n) is 3.77. The van der Waals surface area contributed by atoms with Crippen LogP contribution in [0.4, 0.5) is 5.69 Å². The normalized spacial score (nSPS) is 16.1. The van der Waals surface area contributed by atoms with Crippen LogP contribution in [0, 0.1) is 19.8 Å². The summed E-state index contributed by atoms with van der Waals surface area (Å²) >= 11 is 0. The van der Waals surface area contributed by atoms with Gasteiger partial charge in [-0.15, -0.1) is 0 Å². The Hall–Kier alpha value is -2.80. The molecule has 1 aliphatic rings. The third-order valence-electron chi connectivity index (χ3n) is 5.50. The third-order valence-corrected chi connectivity index (χ3v) is 5.50. The van der Waals surface area contributed by atoms with Crippen LogP contribution in [0.25, 0.3) is 11.0 Å². The molecule has 142 valence electrons. The van der Waals surface area contributed by atoms with Crippen LogP contribution in [-0.2, 0) is 11.3 Å². The van der Waals surface area contributed by atoms with Gasteiger partial charge < -0.3 is 19.7 Å². The monoisotopic (exact) mass is 368 g/mol. The largest absolute Gasteiger partial charge is 0.468 e. The van der Waals surface area contributed by atoms with Gasteiger partial charge in [-0.1, -0.05) is 0 Å². The Morgan fingerprint density at radius 2 is 2.07 bits per heavy atom. The third kappa shape index (κ3) is 3.55. The molecule has 0 radical (unpaired) electrons. The van der Waals surface area contributed by atoms with Crippen molar-refractivity contribution >= 4 is 22.6 Å². The Kier molecular flexibility index (Phi) is 4.61. The molecule has 3 N–H and O–H groups in total. The standard InChI is InChI=1S/C20H24N4O3/c1-12-10-16-18(23-20(26)21-16)17(13(12)2)22-19(25)14-5-7-24(8-6-14)11-15-4-3-9-27-15/h3-4,9-10,14H,5-8,11H2,1-2H3,(H,22,25)(H2,21,23,26). The van der Waals surface area contributed by atoms with Gasteiger partial charge >= 0.3 is 5.69 Å². The van der Waals surface area contributed by atoms with Gasteiger partial charge in [0.25, 0.3) is 0 Å². The quantitative estimate of drug-likeness (QED) is 0.660. The molecule has 0 unspecified atom stereocenters. The molecule has 1 aromatic carbocycles. The Labute approximate surface area is 156 Å². The average Bonchev–Trinajstić information content (AvgIpc) is 3.28. The van der Waals surface area contributed by atoms with Crippen molar-refractivity contribution in [3.05, 3.63) is 51.8 Å². The van der Waals surface area contributed by atoms with Crippen molar-refractivity contribution in [3.8, 4) is 0 Å². The highest BCUT2D eigenvalue weighted by atomic mass is 16.3. The molecule has 4 rings (SSSR count). The molecule has 1 fully saturated rings. The Morgan fingerprint density at radius 3 is 2.78 bits per heavy atom. The molecule has 0 spiro atoms. The van der Waals surface area contributed by atoms with Crippen molar-refractivity contribution in [1.82, 2.24) is 14.9 Å². The van der Waals surface area contributed by atoms with Crippen LogP contribution in [0.2, 0.25) is 0 Å². The first-order chi connectivity index (χ1) is 13.0. The van der Waals surface area contributed by atoms with Crippen molar-refractivity contribution in [1.29, 1.82) is 0 Å². The van der Waals surface area contributed by atoms with E-state index in [1.54, 1.807) is 6.26 Å². The van der Waals surface area contributed by atoms with Crippen LogP contribution in [0.15, 0.2) is 33.7 Å². The number of H-pyrrole nitrogens is 2. The van der Waals surface area contributed by atoms with Gasteiger partial charge in [-0.05, 0) is 69.1 Å². The maximum atomic E-state index is 12.9. The molecule has 1 amide bonds. The number of hydrogen-bond donors (Lipinski definition) is 3. The van der Waals surface area contributed by atoms with E-state index in [4.69, 9.17) is 4.42 Å². The number of carbonyl (C=O) groups is 1. The zero-order valence-electron chi connectivity index (χ0n) is 15.6. The number of likely N-dealkylation sites (tertiary alicyclic amines) is 1. The number of carbonyl (C=O) groups excluding carboxylic acids is 1. The molecule has 0 saturated carbocycles. The summed E-state index contributed by atoms with van der Waals surface area (Å²) in [5.41, 5.74) is 3.81. The van der Waals surface area contributed by atoms with Crippen molar-refractivity contribution in [2.45, 2.75) is 33.2 Å². The molecule has 0 bridgehead atoms. The first-order valence-corrected chi connectivity index (χ1v) is 9.29. The van der Waals surface area contributed by atoms with E-state index in [1.165, 1.54) is 0 Å². The second kappa shape index (κ2) is 7.08. The number of rotatable bonds is 4. The van der Waals surface area contributed by atoms with Gasteiger partial charge in [0, 0.05) is 5.92 Å². The van der Waals surface area contributed by atoms with Crippen LogP contribution in [0.3, 0.4) is 0 Å². The summed E-state index contributed by atoms with van der Waals surface area (Å²) in [6, 6.07) is 5.79. The molecule has 0 aliphatic carbocycles. The predicted octanol–water partition coefficient (Wildman–Crippen LogP) is 2.92. The molecule has 1 aliphatic heterocycles. The zero-order chi connectivity index (χ0) is 19.0. The number of imidazole rings is 1. The second-order valence-electron chi connectivity index (χ2n) is 7.31. The minimum absolute atomic E-state index is 0.0182. The van der Waals surface area contributed by atoms with Crippen molar-refractivity contribution < 1.29 is 9.21 Å². The van der Waals surface area contributed by atoms with Crippen molar-refractivity contribution in [2.24, 2.45) is 5.92 Å². The van der Waals surface area contributed by atoms with E-state index >= 15 is 0 Å². The van der Waals surface area contributed by atoms with Crippen LogP contribution in [0.1, 0.15) is 29.7 Å². The number of anilines is 1. The number of fused-ring (bicyclic) bond motifs is 1. The number of nitrogens with zero attached hydrogens (tertiary/aromatic N) is 1. The summed E-state index contributed by atoms with van der Waals surface area (Å²) in [5, 5.41) is 3.07. The minimum Gasteiger partial charge on any atom is -0.468 e. The molecular formula is C20H24N4O3. The van der Waals surface area contributed by atoms with Gasteiger partial charge in [0.2, 0.25) is 5.91 Å². The molecule has 3 aromatic rings. The molecule has 3 heterocycles. The lowest BCUT2D eigenvalue weighted by molar-refractivity contribution is -0.121. The maximum absolute atomic E-state index is 12.9. The first kappa shape index (κ1) is 17.6. The van der Waals surface area contributed by atoms with Gasteiger partial charge in [-0.3, -0.25) is 9.69 Å². The van der Waals surface area contributed by atoms with Gasteiger partial charge in [-0.25, -0.2) is 4.79 Å². The number of benzene rings is 1. The Balaban J connectivity index is 1.45. The van der Waals surface area contributed by atoms with E-state index in [0.717, 1.165) is 49.4 Å². The van der Waals surface area contributed by atoms with Gasteiger partial charge in [0.15, 0.2) is 0 Å². The number of piperidine rings is 1. The number of amides is 1. The molecule has 2 aromatic heterocycles. The molecule has 27 heavy (non-hydrogen) atoms. The zero-order valence-corrected chi connectivity index (χ0v) is 15.6. The Bertz CT molecular complexity index is 1010. The highest BCUT2D eigenvalue weighted by molar-refractivity contribution is 6.02. The average molecular weight is 368 g/mol. The fraction of sp³-hybridized carbons (Fsp3) is 0.400. The van der Waals surface area contributed by atoms with Gasteiger partial charge in [0.1, 0.15) is 5.76 Å². The van der Waals surface area contributed by atoms with E-state index in [9.17, 15) is 9.59 Å². The summed E-state index contributed by atoms with van der Waals surface area (Å²) < 4.78 is 5.40. The summed E-state index contributed by atoms with van der Waals surface area (Å²) in [5.74, 6) is 0.940. The number of aromatic nitrogens is 2. The summed E-state index contributed by atoms with van der Waals surface area (Å²) in [4.78, 5) is 32.4. The highest BCUT2D eigenvalue weighted by Crippen LogP contribution is 2.29. The van der Waals surface area contributed by atoms with E-state index in [1.807, 2.05) is 32.0 Å². The summed E-state index contributed by atoms with van der Waals surface area (Å²) in [7, 11) is 0. The maximum Gasteiger partial charge on any atom is 0.323 e. The molecule has 1 saturated heterocycles. The van der Waals surface area contributed by atoms with Crippen LogP contribution in [0.5, 0.6) is 0 Å². The van der Waals surface area contributed by atoms with Gasteiger partial charge in [-0.2, -0.15) is 0 Å². The molecular weight excluding hydrogens is 344 g/mol. The van der Waals surface area contributed by atoms with E-state index in [0.29, 0.717) is 16.7 Å². The summed E-state index contributed by atoms with van der Waals surface area (Å²) in [6.07, 6.45) is 3.31. The van der Waals surface area contributed by atoms with E-state index < -0.39 is 0 Å². The van der Waals surface area contributed by atoms with Crippen LogP contribution in [-0.4, -0.2) is 33.9 Å². The lowest BCUT2D eigenvalue weighted by Crippen LogP contribution is -2.37. The number of aromatic amines is 2. The minimum atomic E-state index is -0.267. The van der Waals surface area contributed by atoms with Crippen molar-refractivity contribution in [3.63, 3.8) is 0 Å². The second-order valence-corrected chi connectivity index (χ2v) is 7.31. The lowest BCUT2D eigenvalue weighted by atomic mass is 9.95. The highest BCUT2D eigenvalue weighted by Gasteiger charge is 2.26. The predicted molar refractivity (Wildman–Crippen MR) is 104 cm³/mol. The molecule has 7 heteroatoms.